The van der Waals surface area contributed by atoms with Gasteiger partial charge in [0.1, 0.15) is 19.0 Å². The molecule has 2 aromatic carbocycles. The van der Waals surface area contributed by atoms with E-state index >= 15 is 0 Å². The first-order chi connectivity index (χ1) is 12.0. The lowest BCUT2D eigenvalue weighted by molar-refractivity contribution is 0.208. The lowest BCUT2D eigenvalue weighted by Gasteiger charge is -2.15. The van der Waals surface area contributed by atoms with Gasteiger partial charge in [-0.25, -0.2) is 0 Å². The zero-order valence-corrected chi connectivity index (χ0v) is 15.3. The Morgan fingerprint density at radius 2 is 1.80 bits per heavy atom. The van der Waals surface area contributed by atoms with Gasteiger partial charge in [-0.15, -0.1) is 0 Å². The van der Waals surface area contributed by atoms with Gasteiger partial charge in [-0.05, 0) is 50.1 Å². The summed E-state index contributed by atoms with van der Waals surface area (Å²) in [5, 5.41) is 12.0. The van der Waals surface area contributed by atoms with Gasteiger partial charge in [-0.3, -0.25) is 0 Å². The average molecular weight is 364 g/mol. The number of ether oxygens (including phenoxy) is 3. The number of halogens is 1. The van der Waals surface area contributed by atoms with Crippen LogP contribution in [0, 0.1) is 13.8 Å². The van der Waals surface area contributed by atoms with Crippen LogP contribution in [-0.2, 0) is 0 Å². The molecule has 0 radical (unpaired) electrons. The molecule has 2 aromatic rings. The van der Waals surface area contributed by atoms with Crippen molar-refractivity contribution in [2.45, 2.75) is 20.8 Å². The molecule has 0 heterocycles. The van der Waals surface area contributed by atoms with Gasteiger partial charge in [0.2, 0.25) is 0 Å². The summed E-state index contributed by atoms with van der Waals surface area (Å²) in [6.07, 6.45) is 1.28. The van der Waals surface area contributed by atoms with Crippen molar-refractivity contribution in [1.29, 1.82) is 0 Å². The summed E-state index contributed by atoms with van der Waals surface area (Å²) >= 11 is 6.26. The number of oxime groups is 1. The van der Waals surface area contributed by atoms with E-state index in [1.165, 1.54) is 6.21 Å². The molecule has 0 aliphatic heterocycles. The first-order valence-corrected chi connectivity index (χ1v) is 8.39. The number of rotatable bonds is 8. The quantitative estimate of drug-likeness (QED) is 0.322. The van der Waals surface area contributed by atoms with Crippen molar-refractivity contribution in [3.63, 3.8) is 0 Å². The smallest absolute Gasteiger partial charge is 0.179 e. The molecule has 25 heavy (non-hydrogen) atoms. The van der Waals surface area contributed by atoms with Crippen molar-refractivity contribution in [3.05, 3.63) is 52.0 Å². The second kappa shape index (κ2) is 9.18. The van der Waals surface area contributed by atoms with Gasteiger partial charge in [-0.1, -0.05) is 28.9 Å². The second-order valence-electron chi connectivity index (χ2n) is 5.47. The van der Waals surface area contributed by atoms with E-state index in [9.17, 15) is 0 Å². The van der Waals surface area contributed by atoms with Crippen molar-refractivity contribution in [3.8, 4) is 17.2 Å². The molecule has 0 aromatic heterocycles. The predicted octanol–water partition coefficient (Wildman–Crippen LogP) is 4.62. The van der Waals surface area contributed by atoms with Crippen LogP contribution < -0.4 is 14.2 Å². The van der Waals surface area contributed by atoms with Crippen LogP contribution in [0.1, 0.15) is 23.6 Å². The van der Waals surface area contributed by atoms with Crippen LogP contribution in [0.4, 0.5) is 0 Å². The van der Waals surface area contributed by atoms with Gasteiger partial charge in [-0.2, -0.15) is 0 Å². The Morgan fingerprint density at radius 1 is 1.04 bits per heavy atom. The summed E-state index contributed by atoms with van der Waals surface area (Å²) in [4.78, 5) is 0. The minimum Gasteiger partial charge on any atom is -0.490 e. The highest BCUT2D eigenvalue weighted by molar-refractivity contribution is 6.32. The number of aryl methyl sites for hydroxylation is 2. The third-order valence-corrected chi connectivity index (χ3v) is 3.75. The molecule has 0 saturated carbocycles. The Morgan fingerprint density at radius 3 is 2.52 bits per heavy atom. The topological polar surface area (TPSA) is 60.3 Å². The van der Waals surface area contributed by atoms with Crippen molar-refractivity contribution in [2.75, 3.05) is 19.8 Å². The van der Waals surface area contributed by atoms with E-state index in [0.29, 0.717) is 41.9 Å². The van der Waals surface area contributed by atoms with E-state index in [2.05, 4.69) is 5.16 Å². The third-order valence-electron chi connectivity index (χ3n) is 3.47. The van der Waals surface area contributed by atoms with Crippen LogP contribution >= 0.6 is 11.6 Å². The Balaban J connectivity index is 2.03. The molecule has 0 unspecified atom stereocenters. The standard InChI is InChI=1S/C19H22ClNO4/c1-4-23-18-11-15(12-21-22)10-16(20)19(18)25-8-7-24-17-9-13(2)5-6-14(17)3/h5-6,9-12,22H,4,7-8H2,1-3H3. The van der Waals surface area contributed by atoms with Gasteiger partial charge in [0.05, 0.1) is 17.8 Å². The molecule has 6 heteroatoms. The molecule has 5 nitrogen and oxygen atoms in total. The van der Waals surface area contributed by atoms with Crippen molar-refractivity contribution >= 4 is 17.8 Å². The predicted molar refractivity (Wildman–Crippen MR) is 98.9 cm³/mol. The Kier molecular flexibility index (Phi) is 6.95. The minimum absolute atomic E-state index is 0.320. The van der Waals surface area contributed by atoms with Gasteiger partial charge >= 0.3 is 0 Å². The van der Waals surface area contributed by atoms with E-state index in [0.717, 1.165) is 16.9 Å². The summed E-state index contributed by atoms with van der Waals surface area (Å²) < 4.78 is 17.1. The molecule has 0 spiro atoms. The monoisotopic (exact) mass is 363 g/mol. The number of hydrogen-bond donors (Lipinski definition) is 1. The fourth-order valence-corrected chi connectivity index (χ4v) is 2.56. The van der Waals surface area contributed by atoms with Crippen molar-refractivity contribution < 1.29 is 19.4 Å². The molecule has 0 amide bonds. The van der Waals surface area contributed by atoms with E-state index in [1.54, 1.807) is 12.1 Å². The SMILES string of the molecule is CCOc1cc(C=NO)cc(Cl)c1OCCOc1cc(C)ccc1C. The average Bonchev–Trinajstić information content (AvgIpc) is 2.57. The van der Waals surface area contributed by atoms with E-state index in [1.807, 2.05) is 39.0 Å². The molecule has 0 aliphatic rings. The van der Waals surface area contributed by atoms with E-state index in [4.69, 9.17) is 31.0 Å². The highest BCUT2D eigenvalue weighted by atomic mass is 35.5. The van der Waals surface area contributed by atoms with Gasteiger partial charge in [0.25, 0.3) is 0 Å². The molecule has 0 atom stereocenters. The zero-order valence-electron chi connectivity index (χ0n) is 14.6. The lowest BCUT2D eigenvalue weighted by atomic mass is 10.1. The number of hydrogen-bond acceptors (Lipinski definition) is 5. The normalized spacial score (nSPS) is 10.9. The fourth-order valence-electron chi connectivity index (χ4n) is 2.29. The van der Waals surface area contributed by atoms with E-state index < -0.39 is 0 Å². The highest BCUT2D eigenvalue weighted by Crippen LogP contribution is 2.36. The molecular formula is C19H22ClNO4. The molecule has 134 valence electrons. The second-order valence-corrected chi connectivity index (χ2v) is 5.88. The van der Waals surface area contributed by atoms with Crippen LogP contribution in [0.15, 0.2) is 35.5 Å². The maximum atomic E-state index is 8.66. The largest absolute Gasteiger partial charge is 0.490 e. The summed E-state index contributed by atoms with van der Waals surface area (Å²) in [6, 6.07) is 9.42. The minimum atomic E-state index is 0.320. The fraction of sp³-hybridized carbons (Fsp3) is 0.316. The van der Waals surface area contributed by atoms with Gasteiger partial charge < -0.3 is 19.4 Å². The molecule has 0 fully saturated rings. The summed E-state index contributed by atoms with van der Waals surface area (Å²) in [5.41, 5.74) is 2.84. The van der Waals surface area contributed by atoms with Crippen molar-refractivity contribution in [1.82, 2.24) is 0 Å². The van der Waals surface area contributed by atoms with Crippen LogP contribution in [0.5, 0.6) is 17.2 Å². The van der Waals surface area contributed by atoms with E-state index in [-0.39, 0.29) is 0 Å². The first kappa shape index (κ1) is 18.9. The maximum absolute atomic E-state index is 8.66. The summed E-state index contributed by atoms with van der Waals surface area (Å²) in [5.74, 6) is 1.79. The van der Waals surface area contributed by atoms with Gasteiger partial charge in [0.15, 0.2) is 11.5 Å². The van der Waals surface area contributed by atoms with Crippen molar-refractivity contribution in [2.24, 2.45) is 5.16 Å². The number of benzene rings is 2. The number of nitrogens with zero attached hydrogens (tertiary/aromatic N) is 1. The van der Waals surface area contributed by atoms with Crippen LogP contribution in [0.3, 0.4) is 0 Å². The highest BCUT2D eigenvalue weighted by Gasteiger charge is 2.12. The maximum Gasteiger partial charge on any atom is 0.179 e. The first-order valence-electron chi connectivity index (χ1n) is 8.01. The molecular weight excluding hydrogens is 342 g/mol. The molecule has 2 rings (SSSR count). The third kappa shape index (κ3) is 5.29. The lowest BCUT2D eigenvalue weighted by Crippen LogP contribution is -2.11. The van der Waals surface area contributed by atoms with Crippen LogP contribution in [-0.4, -0.2) is 31.2 Å². The summed E-state index contributed by atoms with van der Waals surface area (Å²) in [6.45, 7) is 7.06. The molecule has 0 saturated heterocycles. The van der Waals surface area contributed by atoms with Crippen LogP contribution in [0.2, 0.25) is 5.02 Å². The Bertz CT molecular complexity index is 746. The Labute approximate surface area is 152 Å². The zero-order chi connectivity index (χ0) is 18.2. The van der Waals surface area contributed by atoms with Crippen LogP contribution in [0.25, 0.3) is 0 Å². The molecule has 0 bridgehead atoms. The Hall–Kier alpha value is -2.40. The van der Waals surface area contributed by atoms with Gasteiger partial charge in [0, 0.05) is 5.56 Å². The molecule has 0 aliphatic carbocycles. The molecule has 1 N–H and O–H groups in total. The summed E-state index contributed by atoms with van der Waals surface area (Å²) in [7, 11) is 0.